The molecule has 2 unspecified atom stereocenters. The first-order valence-corrected chi connectivity index (χ1v) is 13.2. The molecule has 7 nitrogen and oxygen atoms in total. The second-order valence-electron chi connectivity index (χ2n) is 9.50. The highest BCUT2D eigenvalue weighted by Crippen LogP contribution is 2.35. The van der Waals surface area contributed by atoms with Crippen LogP contribution >= 0.6 is 0 Å². The average Bonchev–Trinajstić information content (AvgIpc) is 3.13. The molecule has 1 N–H and O–H groups in total. The van der Waals surface area contributed by atoms with Gasteiger partial charge in [0.1, 0.15) is 5.78 Å². The van der Waals surface area contributed by atoms with Crippen molar-refractivity contribution in [1.29, 1.82) is 0 Å². The molecule has 1 heterocycles. The first-order valence-electron chi connectivity index (χ1n) is 13.2. The molecule has 0 aliphatic carbocycles. The van der Waals surface area contributed by atoms with E-state index in [1.54, 1.807) is 12.1 Å². The smallest absolute Gasteiger partial charge is 0.237 e. The van der Waals surface area contributed by atoms with Gasteiger partial charge in [0.05, 0.1) is 24.8 Å². The van der Waals surface area contributed by atoms with Crippen LogP contribution in [-0.2, 0) is 30.3 Å². The second kappa shape index (κ2) is 15.5. The lowest BCUT2D eigenvalue weighted by molar-refractivity contribution is -0.123. The number of ether oxygens (including phenoxy) is 1. The molecule has 1 aromatic carbocycles. The summed E-state index contributed by atoms with van der Waals surface area (Å²) < 4.78 is 5.30. The number of anilines is 1. The number of hydrogen-bond acceptors (Lipinski definition) is 5. The van der Waals surface area contributed by atoms with Crippen molar-refractivity contribution >= 4 is 29.2 Å². The molecule has 1 aromatic rings. The van der Waals surface area contributed by atoms with E-state index in [9.17, 15) is 19.2 Å². The molecule has 7 heteroatoms. The Morgan fingerprint density at radius 2 is 1.77 bits per heavy atom. The maximum Gasteiger partial charge on any atom is 0.237 e. The van der Waals surface area contributed by atoms with Crippen LogP contribution in [0.4, 0.5) is 5.69 Å². The van der Waals surface area contributed by atoms with E-state index in [0.29, 0.717) is 51.1 Å². The van der Waals surface area contributed by atoms with E-state index in [-0.39, 0.29) is 35.3 Å². The van der Waals surface area contributed by atoms with Gasteiger partial charge in [-0.25, -0.2) is 0 Å². The van der Waals surface area contributed by atoms with E-state index in [2.05, 4.69) is 19.2 Å². The quantitative estimate of drug-likeness (QED) is 0.256. The fraction of sp³-hybridized carbons (Fsp3) is 0.643. The van der Waals surface area contributed by atoms with Gasteiger partial charge in [-0.2, -0.15) is 0 Å². The van der Waals surface area contributed by atoms with Gasteiger partial charge >= 0.3 is 0 Å². The topological polar surface area (TPSA) is 92.8 Å². The van der Waals surface area contributed by atoms with Crippen molar-refractivity contribution in [2.24, 2.45) is 11.8 Å². The van der Waals surface area contributed by atoms with Crippen LogP contribution in [0.15, 0.2) is 24.3 Å². The van der Waals surface area contributed by atoms with Gasteiger partial charge in [0.15, 0.2) is 0 Å². The Morgan fingerprint density at radius 1 is 1.03 bits per heavy atom. The summed E-state index contributed by atoms with van der Waals surface area (Å²) in [6, 6.07) is 7.37. The molecular weight excluding hydrogens is 444 g/mol. The molecule has 2 rings (SSSR count). The number of carbonyl (C=O) groups excluding carboxylic acids is 4. The summed E-state index contributed by atoms with van der Waals surface area (Å²) in [5.74, 6) is -0.111. The van der Waals surface area contributed by atoms with E-state index in [4.69, 9.17) is 4.74 Å². The van der Waals surface area contributed by atoms with Gasteiger partial charge in [0.25, 0.3) is 0 Å². The Bertz CT molecular complexity index is 836. The van der Waals surface area contributed by atoms with E-state index in [1.807, 2.05) is 12.1 Å². The van der Waals surface area contributed by atoms with Crippen LogP contribution in [0.25, 0.3) is 0 Å². The maximum absolute atomic E-state index is 13.2. The molecule has 2 atom stereocenters. The van der Waals surface area contributed by atoms with Crippen LogP contribution in [0.3, 0.4) is 0 Å². The molecule has 0 spiro atoms. The van der Waals surface area contributed by atoms with Gasteiger partial charge in [0.2, 0.25) is 17.7 Å². The zero-order valence-electron chi connectivity index (χ0n) is 21.6. The van der Waals surface area contributed by atoms with Gasteiger partial charge in [0, 0.05) is 25.8 Å². The largest absolute Gasteiger partial charge is 0.379 e. The van der Waals surface area contributed by atoms with Crippen LogP contribution in [0.1, 0.15) is 84.1 Å². The fourth-order valence-electron chi connectivity index (χ4n) is 4.61. The molecule has 0 aromatic heterocycles. The zero-order chi connectivity index (χ0) is 25.6. The number of imide groups is 1. The average molecular weight is 487 g/mol. The van der Waals surface area contributed by atoms with E-state index >= 15 is 0 Å². The van der Waals surface area contributed by atoms with Crippen molar-refractivity contribution in [2.75, 3.05) is 24.7 Å². The molecule has 1 aliphatic rings. The summed E-state index contributed by atoms with van der Waals surface area (Å²) in [5, 5.41) is 2.81. The van der Waals surface area contributed by atoms with E-state index in [1.165, 1.54) is 11.8 Å². The van der Waals surface area contributed by atoms with Crippen molar-refractivity contribution < 1.29 is 23.9 Å². The van der Waals surface area contributed by atoms with E-state index in [0.717, 1.165) is 44.1 Å². The molecule has 1 aliphatic heterocycles. The van der Waals surface area contributed by atoms with Crippen LogP contribution in [-0.4, -0.2) is 43.3 Å². The lowest BCUT2D eigenvalue weighted by atomic mass is 9.83. The number of rotatable bonds is 17. The number of hydrogen-bond donors (Lipinski definition) is 1. The molecule has 0 radical (unpaired) electrons. The van der Waals surface area contributed by atoms with Crippen molar-refractivity contribution in [3.63, 3.8) is 0 Å². The van der Waals surface area contributed by atoms with Crippen LogP contribution < -0.4 is 10.2 Å². The number of nitrogens with zero attached hydrogens (tertiary/aromatic N) is 1. The number of unbranched alkanes of at least 4 members (excludes halogenated alkanes) is 2. The standard InChI is InChI=1S/C28H42N2O5/c1-4-6-7-9-23(8-5-2)25-20-27(33)30(28(25)34)24-13-10-22(11-14-24)12-15-26(32)29-17-19-35-18-16-21(3)31/h10-11,13-14,23,25H,4-9,12,15-20H2,1-3H3,(H,29,32). The highest BCUT2D eigenvalue weighted by Gasteiger charge is 2.42. The molecule has 35 heavy (non-hydrogen) atoms. The van der Waals surface area contributed by atoms with Crippen molar-refractivity contribution in [3.05, 3.63) is 29.8 Å². The molecule has 1 fully saturated rings. The Balaban J connectivity index is 1.83. The molecule has 3 amide bonds. The first kappa shape index (κ1) is 28.7. The number of aryl methyl sites for hydroxylation is 1. The number of amides is 3. The lowest BCUT2D eigenvalue weighted by Gasteiger charge is -2.22. The third-order valence-corrected chi connectivity index (χ3v) is 6.59. The first-order chi connectivity index (χ1) is 16.9. The Labute approximate surface area is 210 Å². The van der Waals surface area contributed by atoms with Gasteiger partial charge in [-0.15, -0.1) is 0 Å². The predicted octanol–water partition coefficient (Wildman–Crippen LogP) is 4.61. The molecular formula is C28H42N2O5. The van der Waals surface area contributed by atoms with E-state index < -0.39 is 0 Å². The lowest BCUT2D eigenvalue weighted by Crippen LogP contribution is -2.32. The van der Waals surface area contributed by atoms with Crippen LogP contribution in [0.2, 0.25) is 0 Å². The minimum absolute atomic E-state index is 0.0670. The predicted molar refractivity (Wildman–Crippen MR) is 137 cm³/mol. The zero-order valence-corrected chi connectivity index (χ0v) is 21.6. The van der Waals surface area contributed by atoms with Gasteiger partial charge in [-0.1, -0.05) is 51.7 Å². The normalized spacial score (nSPS) is 16.5. The number of ketones is 1. The summed E-state index contributed by atoms with van der Waals surface area (Å²) in [7, 11) is 0. The molecule has 0 saturated carbocycles. The molecule has 194 valence electrons. The summed E-state index contributed by atoms with van der Waals surface area (Å²) in [6.45, 7) is 6.99. The Morgan fingerprint density at radius 3 is 2.43 bits per heavy atom. The second-order valence-corrected chi connectivity index (χ2v) is 9.50. The fourth-order valence-corrected chi connectivity index (χ4v) is 4.61. The number of benzene rings is 1. The van der Waals surface area contributed by atoms with Crippen molar-refractivity contribution in [3.8, 4) is 0 Å². The summed E-state index contributed by atoms with van der Waals surface area (Å²) >= 11 is 0. The van der Waals surface area contributed by atoms with Gasteiger partial charge < -0.3 is 10.1 Å². The SMILES string of the molecule is CCCCCC(CCC)C1CC(=O)N(c2ccc(CCC(=O)NCCOCCC(C)=O)cc2)C1=O. The Hall–Kier alpha value is -2.54. The summed E-state index contributed by atoms with van der Waals surface area (Å²) in [4.78, 5) is 50.2. The van der Waals surface area contributed by atoms with Crippen LogP contribution in [0.5, 0.6) is 0 Å². The molecule has 1 saturated heterocycles. The number of Topliss-reactive ketones (excluding diaryl/α,β-unsaturated/α-hetero) is 1. The van der Waals surface area contributed by atoms with Crippen molar-refractivity contribution in [2.45, 2.75) is 85.0 Å². The maximum atomic E-state index is 13.2. The highest BCUT2D eigenvalue weighted by molar-refractivity contribution is 6.21. The number of nitrogens with one attached hydrogen (secondary N) is 1. The summed E-state index contributed by atoms with van der Waals surface area (Å²) in [5.41, 5.74) is 1.59. The van der Waals surface area contributed by atoms with Crippen LogP contribution in [0, 0.1) is 11.8 Å². The minimum atomic E-state index is -0.214. The minimum Gasteiger partial charge on any atom is -0.379 e. The van der Waals surface area contributed by atoms with Gasteiger partial charge in [-0.3, -0.25) is 24.1 Å². The van der Waals surface area contributed by atoms with Gasteiger partial charge in [-0.05, 0) is 49.8 Å². The Kier molecular flexibility index (Phi) is 12.7. The number of carbonyl (C=O) groups is 4. The third kappa shape index (κ3) is 9.55. The van der Waals surface area contributed by atoms with Crippen molar-refractivity contribution in [1.82, 2.24) is 5.32 Å². The summed E-state index contributed by atoms with van der Waals surface area (Å²) in [6.07, 6.45) is 8.01. The highest BCUT2D eigenvalue weighted by atomic mass is 16.5. The molecule has 0 bridgehead atoms. The third-order valence-electron chi connectivity index (χ3n) is 6.59. The monoisotopic (exact) mass is 486 g/mol.